The molecule has 182 valence electrons. The van der Waals surface area contributed by atoms with Gasteiger partial charge in [-0.3, -0.25) is 9.20 Å². The number of carbonyl (C=O) groups excluding carboxylic acids is 1. The number of para-hydroxylation sites is 2. The lowest BCUT2D eigenvalue weighted by Gasteiger charge is -2.26. The fourth-order valence-corrected chi connectivity index (χ4v) is 5.40. The van der Waals surface area contributed by atoms with E-state index in [0.29, 0.717) is 5.69 Å². The van der Waals surface area contributed by atoms with Gasteiger partial charge >= 0.3 is 0 Å². The van der Waals surface area contributed by atoms with Crippen molar-refractivity contribution in [1.29, 1.82) is 0 Å². The van der Waals surface area contributed by atoms with Crippen LogP contribution in [0.3, 0.4) is 0 Å². The van der Waals surface area contributed by atoms with Crippen molar-refractivity contribution in [3.8, 4) is 11.3 Å². The van der Waals surface area contributed by atoms with Crippen molar-refractivity contribution in [2.24, 2.45) is 0 Å². The molecule has 0 bridgehead atoms. The van der Waals surface area contributed by atoms with E-state index in [4.69, 9.17) is 4.98 Å². The number of aromatic nitrogens is 3. The Morgan fingerprint density at radius 1 is 0.829 bits per heavy atom. The number of halogens is 2. The van der Waals surface area contributed by atoms with Crippen molar-refractivity contribution in [3.05, 3.63) is 72.4 Å². The van der Waals surface area contributed by atoms with Crippen LogP contribution in [0.2, 0.25) is 0 Å². The number of benzene rings is 3. The van der Waals surface area contributed by atoms with Gasteiger partial charge in [-0.1, -0.05) is 61.0 Å². The second-order valence-electron chi connectivity index (χ2n) is 9.07. The molecule has 3 heterocycles. The third kappa shape index (κ3) is 4.33. The molecule has 0 amide bonds. The van der Waals surface area contributed by atoms with Crippen LogP contribution in [0.25, 0.3) is 38.8 Å². The first-order valence-corrected chi connectivity index (χ1v) is 11.9. The Bertz CT molecular complexity index is 1490. The zero-order chi connectivity index (χ0) is 22.4. The van der Waals surface area contributed by atoms with E-state index in [-0.39, 0.29) is 30.6 Å². The predicted octanol–water partition coefficient (Wildman–Crippen LogP) is 6.64. The zero-order valence-electron chi connectivity index (χ0n) is 19.8. The maximum Gasteiger partial charge on any atom is 0.216 e. The fourth-order valence-electron chi connectivity index (χ4n) is 5.40. The molecule has 5 aromatic rings. The molecule has 3 aromatic carbocycles. The number of hydrogen-bond donors (Lipinski definition) is 0. The van der Waals surface area contributed by atoms with E-state index < -0.39 is 0 Å². The highest BCUT2D eigenvalue weighted by Gasteiger charge is 2.24. The summed E-state index contributed by atoms with van der Waals surface area (Å²) >= 11 is 0. The molecule has 5 nitrogen and oxygen atoms in total. The molecule has 2 aromatic heterocycles. The van der Waals surface area contributed by atoms with E-state index >= 15 is 0 Å². The molecule has 0 atom stereocenters. The Hall–Kier alpha value is -2.86. The highest BCUT2D eigenvalue weighted by Crippen LogP contribution is 2.34. The maximum atomic E-state index is 13.0. The average molecular weight is 509 g/mol. The summed E-state index contributed by atoms with van der Waals surface area (Å²) in [5.74, 6) is 0.880. The number of fused-ring (bicyclic) bond motifs is 4. The Kier molecular flexibility index (Phi) is 7.50. The average Bonchev–Trinajstić information content (AvgIpc) is 3.38. The lowest BCUT2D eigenvalue weighted by atomic mass is 10.0. The first-order chi connectivity index (χ1) is 16.2. The van der Waals surface area contributed by atoms with Gasteiger partial charge in [0.2, 0.25) is 5.78 Å². The smallest absolute Gasteiger partial charge is 0.216 e. The third-order valence-corrected chi connectivity index (χ3v) is 6.98. The third-order valence-electron chi connectivity index (χ3n) is 6.98. The number of carbonyl (C=O) groups is 1. The van der Waals surface area contributed by atoms with Gasteiger partial charge in [0.15, 0.2) is 5.78 Å². The van der Waals surface area contributed by atoms with Crippen molar-refractivity contribution >= 4 is 58.2 Å². The Morgan fingerprint density at radius 2 is 1.51 bits per heavy atom. The molecule has 0 aliphatic carbocycles. The van der Waals surface area contributed by atoms with Crippen molar-refractivity contribution in [2.75, 3.05) is 19.6 Å². The van der Waals surface area contributed by atoms with Crippen LogP contribution in [0.5, 0.6) is 0 Å². The van der Waals surface area contributed by atoms with Crippen LogP contribution in [-0.4, -0.2) is 44.3 Å². The summed E-state index contributed by atoms with van der Waals surface area (Å²) in [6.45, 7) is 5.85. The van der Waals surface area contributed by atoms with Gasteiger partial charge in [0.05, 0.1) is 11.0 Å². The van der Waals surface area contributed by atoms with Gasteiger partial charge in [-0.25, -0.2) is 4.98 Å². The van der Waals surface area contributed by atoms with E-state index in [1.165, 1.54) is 32.4 Å². The number of nitrogens with zero attached hydrogens (tertiary/aromatic N) is 4. The molecule has 0 unspecified atom stereocenters. The minimum absolute atomic E-state index is 0. The second kappa shape index (κ2) is 10.4. The minimum atomic E-state index is 0. The van der Waals surface area contributed by atoms with Gasteiger partial charge in [-0.05, 0) is 48.8 Å². The van der Waals surface area contributed by atoms with Gasteiger partial charge in [0.25, 0.3) is 0 Å². The molecular formula is C28H30Cl2N4O. The van der Waals surface area contributed by atoms with Gasteiger partial charge in [0, 0.05) is 25.6 Å². The largest absolute Gasteiger partial charge is 0.308 e. The standard InChI is InChI=1S/C28H28N4O.2ClH/c1-20(33)27-26(23-13-9-11-21-10-3-4-12-22(21)23)29-28-31(19-18-30-16-7-2-8-17-30)24-14-5-6-15-25(24)32(27)28;;/h3-6,9-15H,2,7-8,16-19H2,1H3;2*1H. The first-order valence-electron chi connectivity index (χ1n) is 11.9. The van der Waals surface area contributed by atoms with Crippen LogP contribution in [-0.2, 0) is 6.54 Å². The Labute approximate surface area is 217 Å². The van der Waals surface area contributed by atoms with E-state index in [9.17, 15) is 4.79 Å². The summed E-state index contributed by atoms with van der Waals surface area (Å²) in [6, 6.07) is 22.9. The summed E-state index contributed by atoms with van der Waals surface area (Å²) in [4.78, 5) is 20.7. The van der Waals surface area contributed by atoms with E-state index in [2.05, 4.69) is 56.3 Å². The van der Waals surface area contributed by atoms with Crippen LogP contribution >= 0.6 is 24.8 Å². The van der Waals surface area contributed by atoms with Crippen molar-refractivity contribution in [3.63, 3.8) is 0 Å². The quantitative estimate of drug-likeness (QED) is 0.250. The molecule has 0 spiro atoms. The predicted molar refractivity (Wildman–Crippen MR) is 148 cm³/mol. The first kappa shape index (κ1) is 25.2. The number of likely N-dealkylation sites (tertiary alicyclic amines) is 1. The normalized spacial score (nSPS) is 14.2. The molecule has 1 fully saturated rings. The fraction of sp³-hybridized carbons (Fsp3) is 0.286. The number of ketones is 1. The van der Waals surface area contributed by atoms with Crippen LogP contribution in [0.4, 0.5) is 0 Å². The summed E-state index contributed by atoms with van der Waals surface area (Å²) in [6.07, 6.45) is 3.90. The molecular weight excluding hydrogens is 479 g/mol. The topological polar surface area (TPSA) is 42.5 Å². The van der Waals surface area contributed by atoms with Crippen molar-refractivity contribution in [1.82, 2.24) is 18.9 Å². The van der Waals surface area contributed by atoms with Gasteiger partial charge in [-0.2, -0.15) is 0 Å². The Balaban J connectivity index is 0.00000144. The molecule has 6 rings (SSSR count). The monoisotopic (exact) mass is 508 g/mol. The zero-order valence-corrected chi connectivity index (χ0v) is 21.4. The molecule has 0 radical (unpaired) electrons. The SMILES string of the molecule is CC(=O)c1c(-c2cccc3ccccc23)nc2n(CCN3CCCCC3)c3ccccc3n12.Cl.Cl. The van der Waals surface area contributed by atoms with Crippen LogP contribution in [0.15, 0.2) is 66.7 Å². The number of piperidine rings is 1. The van der Waals surface area contributed by atoms with Gasteiger partial charge < -0.3 is 9.47 Å². The van der Waals surface area contributed by atoms with Crippen molar-refractivity contribution < 1.29 is 4.79 Å². The van der Waals surface area contributed by atoms with E-state index in [1.807, 2.05) is 24.3 Å². The molecule has 0 N–H and O–H groups in total. The van der Waals surface area contributed by atoms with Crippen molar-refractivity contribution in [2.45, 2.75) is 32.7 Å². The highest BCUT2D eigenvalue weighted by molar-refractivity contribution is 6.06. The second-order valence-corrected chi connectivity index (χ2v) is 9.07. The molecule has 1 aliphatic heterocycles. The lowest BCUT2D eigenvalue weighted by molar-refractivity contribution is 0.101. The van der Waals surface area contributed by atoms with E-state index in [0.717, 1.165) is 51.9 Å². The Morgan fingerprint density at radius 3 is 2.29 bits per heavy atom. The molecule has 1 saturated heterocycles. The number of imidazole rings is 2. The molecule has 7 heteroatoms. The number of hydrogen-bond acceptors (Lipinski definition) is 3. The number of rotatable bonds is 5. The minimum Gasteiger partial charge on any atom is -0.308 e. The highest BCUT2D eigenvalue weighted by atomic mass is 35.5. The van der Waals surface area contributed by atoms with Crippen LogP contribution in [0.1, 0.15) is 36.7 Å². The molecule has 1 aliphatic rings. The summed E-state index contributed by atoms with van der Waals surface area (Å²) in [5, 5.41) is 2.27. The lowest BCUT2D eigenvalue weighted by Crippen LogP contribution is -2.32. The van der Waals surface area contributed by atoms with Gasteiger partial charge in [0.1, 0.15) is 11.4 Å². The molecule has 35 heavy (non-hydrogen) atoms. The van der Waals surface area contributed by atoms with E-state index in [1.54, 1.807) is 6.92 Å². The summed E-state index contributed by atoms with van der Waals surface area (Å²) < 4.78 is 4.37. The summed E-state index contributed by atoms with van der Waals surface area (Å²) in [5.41, 5.74) is 4.61. The van der Waals surface area contributed by atoms with Crippen LogP contribution in [0, 0.1) is 0 Å². The number of Topliss-reactive ketones (excluding diaryl/α,β-unsaturated/α-hetero) is 1. The maximum absolute atomic E-state index is 13.0. The van der Waals surface area contributed by atoms with Gasteiger partial charge in [-0.15, -0.1) is 24.8 Å². The van der Waals surface area contributed by atoms with Crippen LogP contribution < -0.4 is 0 Å². The molecule has 0 saturated carbocycles. The summed E-state index contributed by atoms with van der Waals surface area (Å²) in [7, 11) is 0.